The Hall–Kier alpha value is -0.170. The monoisotopic (exact) mass is 264 g/mol. The van der Waals surface area contributed by atoms with E-state index in [9.17, 15) is 8.42 Å². The summed E-state index contributed by atoms with van der Waals surface area (Å²) < 4.78 is 30.5. The van der Waals surface area contributed by atoms with Crippen LogP contribution in [-0.4, -0.2) is 58.4 Å². The van der Waals surface area contributed by atoms with Gasteiger partial charge in [0.05, 0.1) is 12.4 Å². The molecular formula is C11H24N2O3S. The molecule has 1 N–H and O–H groups in total. The van der Waals surface area contributed by atoms with Crippen LogP contribution in [0.4, 0.5) is 0 Å². The van der Waals surface area contributed by atoms with Gasteiger partial charge in [0.1, 0.15) is 0 Å². The number of nitrogens with one attached hydrogen (secondary N) is 1. The summed E-state index contributed by atoms with van der Waals surface area (Å²) in [5, 5.41) is 3.31. The molecule has 0 saturated carbocycles. The van der Waals surface area contributed by atoms with E-state index in [4.69, 9.17) is 4.74 Å². The molecule has 0 amide bonds. The minimum Gasteiger partial charge on any atom is -0.384 e. The number of hydrogen-bond acceptors (Lipinski definition) is 4. The largest absolute Gasteiger partial charge is 0.384 e. The highest BCUT2D eigenvalue weighted by Gasteiger charge is 2.24. The topological polar surface area (TPSA) is 58.6 Å². The van der Waals surface area contributed by atoms with Crippen LogP contribution in [0.25, 0.3) is 0 Å². The minimum absolute atomic E-state index is 0.0808. The summed E-state index contributed by atoms with van der Waals surface area (Å²) in [5.74, 6) is 0.526. The molecule has 1 aliphatic rings. The van der Waals surface area contributed by atoms with E-state index < -0.39 is 10.0 Å². The Morgan fingerprint density at radius 2 is 2.24 bits per heavy atom. The van der Waals surface area contributed by atoms with Crippen LogP contribution >= 0.6 is 0 Å². The maximum absolute atomic E-state index is 12.0. The zero-order chi connectivity index (χ0) is 12.7. The zero-order valence-corrected chi connectivity index (χ0v) is 11.6. The van der Waals surface area contributed by atoms with Gasteiger partial charge < -0.3 is 10.1 Å². The Morgan fingerprint density at radius 3 is 2.76 bits per heavy atom. The Kier molecular flexibility index (Phi) is 6.40. The van der Waals surface area contributed by atoms with Crippen molar-refractivity contribution in [2.24, 2.45) is 5.92 Å². The molecule has 0 spiro atoms. The SMILES string of the molecule is CCN(CC1CCCNC1)S(=O)(=O)CCOC. The van der Waals surface area contributed by atoms with Gasteiger partial charge in [0.25, 0.3) is 0 Å². The van der Waals surface area contributed by atoms with E-state index in [0.29, 0.717) is 19.0 Å². The highest BCUT2D eigenvalue weighted by Crippen LogP contribution is 2.14. The molecule has 1 unspecified atom stereocenters. The number of piperidine rings is 1. The number of hydrogen-bond donors (Lipinski definition) is 1. The molecule has 0 aliphatic carbocycles. The van der Waals surface area contributed by atoms with Crippen LogP contribution in [0.15, 0.2) is 0 Å². The minimum atomic E-state index is -3.15. The summed E-state index contributed by atoms with van der Waals surface area (Å²) in [6.45, 7) is 5.32. The average Bonchev–Trinajstić information content (AvgIpc) is 2.34. The fourth-order valence-electron chi connectivity index (χ4n) is 2.12. The average molecular weight is 264 g/mol. The van der Waals surface area contributed by atoms with Crippen molar-refractivity contribution in [2.45, 2.75) is 19.8 Å². The Morgan fingerprint density at radius 1 is 1.47 bits per heavy atom. The van der Waals surface area contributed by atoms with Crippen LogP contribution in [0.1, 0.15) is 19.8 Å². The van der Waals surface area contributed by atoms with Gasteiger partial charge in [-0.1, -0.05) is 6.92 Å². The van der Waals surface area contributed by atoms with E-state index in [1.807, 2.05) is 6.92 Å². The fourth-order valence-corrected chi connectivity index (χ4v) is 3.59. The van der Waals surface area contributed by atoms with Crippen LogP contribution in [0, 0.1) is 5.92 Å². The highest BCUT2D eigenvalue weighted by atomic mass is 32.2. The lowest BCUT2D eigenvalue weighted by Crippen LogP contribution is -2.42. The predicted octanol–water partition coefficient (Wildman–Crippen LogP) is 0.284. The summed E-state index contributed by atoms with van der Waals surface area (Å²) in [5.41, 5.74) is 0. The van der Waals surface area contributed by atoms with Crippen molar-refractivity contribution in [2.75, 3.05) is 45.6 Å². The maximum Gasteiger partial charge on any atom is 0.216 e. The number of nitrogens with zero attached hydrogens (tertiary/aromatic N) is 1. The molecule has 0 aromatic heterocycles. The van der Waals surface area contributed by atoms with Crippen molar-refractivity contribution < 1.29 is 13.2 Å². The molecule has 0 aromatic carbocycles. The Balaban J connectivity index is 2.51. The van der Waals surface area contributed by atoms with Gasteiger partial charge in [0.2, 0.25) is 10.0 Å². The Bertz CT molecular complexity index is 300. The maximum atomic E-state index is 12.0. The lowest BCUT2D eigenvalue weighted by atomic mass is 10.00. The van der Waals surface area contributed by atoms with Crippen molar-refractivity contribution in [3.63, 3.8) is 0 Å². The van der Waals surface area contributed by atoms with Gasteiger partial charge >= 0.3 is 0 Å². The van der Waals surface area contributed by atoms with Crippen molar-refractivity contribution in [3.05, 3.63) is 0 Å². The summed E-state index contributed by atoms with van der Waals surface area (Å²) in [6, 6.07) is 0. The third-order valence-corrected chi connectivity index (χ3v) is 5.03. The molecule has 1 aliphatic heterocycles. The third kappa shape index (κ3) is 4.91. The van der Waals surface area contributed by atoms with Crippen LogP contribution in [0.3, 0.4) is 0 Å². The molecule has 0 aromatic rings. The van der Waals surface area contributed by atoms with Crippen LogP contribution in [0.5, 0.6) is 0 Å². The summed E-state index contributed by atoms with van der Waals surface area (Å²) in [7, 11) is -1.63. The van der Waals surface area contributed by atoms with Crippen molar-refractivity contribution in [1.29, 1.82) is 0 Å². The van der Waals surface area contributed by atoms with E-state index in [1.165, 1.54) is 7.11 Å². The van der Waals surface area contributed by atoms with E-state index in [2.05, 4.69) is 5.32 Å². The molecule has 6 heteroatoms. The van der Waals surface area contributed by atoms with E-state index in [-0.39, 0.29) is 12.4 Å². The molecule has 0 radical (unpaired) electrons. The van der Waals surface area contributed by atoms with Gasteiger partial charge in [-0.05, 0) is 31.8 Å². The standard InChI is InChI=1S/C11H24N2O3S/c1-3-13(17(14,15)8-7-16-2)10-11-5-4-6-12-9-11/h11-12H,3-10H2,1-2H3. The van der Waals surface area contributed by atoms with E-state index in [1.54, 1.807) is 4.31 Å². The molecule has 1 fully saturated rings. The molecule has 17 heavy (non-hydrogen) atoms. The summed E-state index contributed by atoms with van der Waals surface area (Å²) in [6.07, 6.45) is 2.25. The van der Waals surface area contributed by atoms with Crippen LogP contribution < -0.4 is 5.32 Å². The number of methoxy groups -OCH3 is 1. The van der Waals surface area contributed by atoms with Crippen molar-refractivity contribution in [1.82, 2.24) is 9.62 Å². The molecule has 1 atom stereocenters. The smallest absolute Gasteiger partial charge is 0.216 e. The van der Waals surface area contributed by atoms with Gasteiger partial charge in [-0.2, -0.15) is 0 Å². The molecule has 1 rings (SSSR count). The van der Waals surface area contributed by atoms with Gasteiger partial charge in [0, 0.05) is 20.2 Å². The third-order valence-electron chi connectivity index (χ3n) is 3.15. The van der Waals surface area contributed by atoms with Crippen LogP contribution in [0.2, 0.25) is 0 Å². The normalized spacial score (nSPS) is 21.9. The van der Waals surface area contributed by atoms with E-state index >= 15 is 0 Å². The number of ether oxygens (including phenoxy) is 1. The first kappa shape index (κ1) is 14.9. The molecule has 0 bridgehead atoms. The zero-order valence-electron chi connectivity index (χ0n) is 10.8. The number of rotatable bonds is 7. The van der Waals surface area contributed by atoms with Gasteiger partial charge in [-0.15, -0.1) is 0 Å². The second-order valence-corrected chi connectivity index (χ2v) is 6.56. The second-order valence-electron chi connectivity index (χ2n) is 4.47. The second kappa shape index (κ2) is 7.31. The first-order valence-electron chi connectivity index (χ1n) is 6.27. The summed E-state index contributed by atoms with van der Waals surface area (Å²) >= 11 is 0. The van der Waals surface area contributed by atoms with Crippen molar-refractivity contribution >= 4 is 10.0 Å². The highest BCUT2D eigenvalue weighted by molar-refractivity contribution is 7.89. The van der Waals surface area contributed by atoms with Gasteiger partial charge in [0.15, 0.2) is 0 Å². The van der Waals surface area contributed by atoms with Crippen LogP contribution in [-0.2, 0) is 14.8 Å². The first-order chi connectivity index (χ1) is 8.10. The molecule has 5 nitrogen and oxygen atoms in total. The first-order valence-corrected chi connectivity index (χ1v) is 7.88. The predicted molar refractivity (Wildman–Crippen MR) is 68.5 cm³/mol. The molecule has 1 saturated heterocycles. The Labute approximate surface area is 105 Å². The molecular weight excluding hydrogens is 240 g/mol. The van der Waals surface area contributed by atoms with Gasteiger partial charge in [-0.3, -0.25) is 0 Å². The fraction of sp³-hybridized carbons (Fsp3) is 1.00. The molecule has 102 valence electrons. The lowest BCUT2D eigenvalue weighted by Gasteiger charge is -2.28. The van der Waals surface area contributed by atoms with Crippen molar-refractivity contribution in [3.8, 4) is 0 Å². The number of sulfonamides is 1. The quantitative estimate of drug-likeness (QED) is 0.718. The lowest BCUT2D eigenvalue weighted by molar-refractivity contribution is 0.214. The summed E-state index contributed by atoms with van der Waals surface area (Å²) in [4.78, 5) is 0. The molecule has 1 heterocycles. The van der Waals surface area contributed by atoms with E-state index in [0.717, 1.165) is 25.9 Å². The van der Waals surface area contributed by atoms with Gasteiger partial charge in [-0.25, -0.2) is 12.7 Å².